The monoisotopic (exact) mass is 277 g/mol. The molecule has 2 rings (SSSR count). The summed E-state index contributed by atoms with van der Waals surface area (Å²) in [6, 6.07) is 10.1. The van der Waals surface area contributed by atoms with Gasteiger partial charge in [0.15, 0.2) is 0 Å². The summed E-state index contributed by atoms with van der Waals surface area (Å²) in [5.74, 6) is 0.126. The molecular formula is C16H23NO3. The molecule has 1 fully saturated rings. The highest BCUT2D eigenvalue weighted by Gasteiger charge is 2.38. The van der Waals surface area contributed by atoms with Crippen LogP contribution < -0.4 is 0 Å². The van der Waals surface area contributed by atoms with E-state index in [2.05, 4.69) is 0 Å². The molecule has 1 aromatic rings. The molecule has 0 aromatic heterocycles. The van der Waals surface area contributed by atoms with Gasteiger partial charge < -0.3 is 14.4 Å². The highest BCUT2D eigenvalue weighted by Crippen LogP contribution is 2.30. The van der Waals surface area contributed by atoms with Gasteiger partial charge in [-0.1, -0.05) is 30.3 Å². The highest BCUT2D eigenvalue weighted by molar-refractivity contribution is 5.77. The van der Waals surface area contributed by atoms with Crippen LogP contribution in [0.1, 0.15) is 31.9 Å². The molecule has 1 aromatic carbocycles. The van der Waals surface area contributed by atoms with Crippen LogP contribution in [-0.4, -0.2) is 43.2 Å². The summed E-state index contributed by atoms with van der Waals surface area (Å²) in [5.41, 5.74) is 0.850. The summed E-state index contributed by atoms with van der Waals surface area (Å²) in [4.78, 5) is 14.3. The molecule has 4 heteroatoms. The summed E-state index contributed by atoms with van der Waals surface area (Å²) in [7, 11) is 1.62. The molecule has 0 radical (unpaired) electrons. The summed E-state index contributed by atoms with van der Waals surface area (Å²) < 4.78 is 10.9. The highest BCUT2D eigenvalue weighted by atomic mass is 16.5. The van der Waals surface area contributed by atoms with Crippen LogP contribution in [0.25, 0.3) is 0 Å². The third-order valence-corrected chi connectivity index (χ3v) is 3.71. The Hall–Kier alpha value is -1.39. The van der Waals surface area contributed by atoms with Crippen molar-refractivity contribution in [2.45, 2.75) is 31.9 Å². The quantitative estimate of drug-likeness (QED) is 0.848. The van der Waals surface area contributed by atoms with Crippen molar-refractivity contribution >= 4 is 5.91 Å². The average Bonchev–Trinajstić information content (AvgIpc) is 2.45. The lowest BCUT2D eigenvalue weighted by Crippen LogP contribution is -2.56. The second-order valence-corrected chi connectivity index (χ2v) is 5.77. The molecule has 1 saturated heterocycles. The number of ether oxygens (including phenoxy) is 2. The van der Waals surface area contributed by atoms with E-state index < -0.39 is 0 Å². The molecule has 0 saturated carbocycles. The van der Waals surface area contributed by atoms with Crippen molar-refractivity contribution in [2.75, 3.05) is 26.9 Å². The van der Waals surface area contributed by atoms with E-state index >= 15 is 0 Å². The van der Waals surface area contributed by atoms with Crippen LogP contribution >= 0.6 is 0 Å². The Morgan fingerprint density at radius 3 is 2.75 bits per heavy atom. The second kappa shape index (κ2) is 6.37. The Morgan fingerprint density at radius 1 is 1.40 bits per heavy atom. The first kappa shape index (κ1) is 15.0. The smallest absolute Gasteiger partial charge is 0.225 e. The number of amides is 1. The van der Waals surface area contributed by atoms with E-state index in [4.69, 9.17) is 9.47 Å². The molecule has 1 amide bonds. The first-order valence-corrected chi connectivity index (χ1v) is 7.00. The van der Waals surface area contributed by atoms with Crippen molar-refractivity contribution in [2.24, 2.45) is 0 Å². The standard InChI is InChI=1S/C16H23NO3/c1-16(2)12-20-14(13-7-5-4-6-8-13)11-17(16)15(18)9-10-19-3/h4-8,14H,9-12H2,1-3H3/t14-/m1/s1. The van der Waals surface area contributed by atoms with Crippen LogP contribution in [-0.2, 0) is 14.3 Å². The maximum atomic E-state index is 12.3. The predicted octanol–water partition coefficient (Wildman–Crippen LogP) is 2.40. The van der Waals surface area contributed by atoms with Gasteiger partial charge in [-0.25, -0.2) is 0 Å². The molecule has 0 unspecified atom stereocenters. The third-order valence-electron chi connectivity index (χ3n) is 3.71. The number of carbonyl (C=O) groups is 1. The van der Waals surface area contributed by atoms with Gasteiger partial charge in [-0.2, -0.15) is 0 Å². The maximum Gasteiger partial charge on any atom is 0.225 e. The van der Waals surface area contributed by atoms with E-state index in [0.717, 1.165) is 5.56 Å². The van der Waals surface area contributed by atoms with Gasteiger partial charge in [-0.3, -0.25) is 4.79 Å². The van der Waals surface area contributed by atoms with Crippen LogP contribution in [0.15, 0.2) is 30.3 Å². The minimum Gasteiger partial charge on any atom is -0.384 e. The third kappa shape index (κ3) is 3.38. The molecular weight excluding hydrogens is 254 g/mol. The lowest BCUT2D eigenvalue weighted by atomic mass is 9.97. The summed E-state index contributed by atoms with van der Waals surface area (Å²) in [6.07, 6.45) is 0.372. The molecule has 0 aliphatic carbocycles. The molecule has 1 aliphatic rings. The molecule has 110 valence electrons. The zero-order chi connectivity index (χ0) is 14.6. The van der Waals surface area contributed by atoms with Crippen LogP contribution in [0, 0.1) is 0 Å². The van der Waals surface area contributed by atoms with Crippen molar-refractivity contribution in [3.63, 3.8) is 0 Å². The average molecular weight is 277 g/mol. The molecule has 1 heterocycles. The van der Waals surface area contributed by atoms with Crippen LogP contribution in [0.3, 0.4) is 0 Å². The van der Waals surface area contributed by atoms with E-state index in [-0.39, 0.29) is 17.6 Å². The minimum absolute atomic E-state index is 0.0456. The van der Waals surface area contributed by atoms with Crippen molar-refractivity contribution in [1.29, 1.82) is 0 Å². The van der Waals surface area contributed by atoms with Crippen LogP contribution in [0.5, 0.6) is 0 Å². The van der Waals surface area contributed by atoms with Crippen molar-refractivity contribution in [3.8, 4) is 0 Å². The molecule has 1 atom stereocenters. The Morgan fingerprint density at radius 2 is 2.10 bits per heavy atom. The largest absolute Gasteiger partial charge is 0.384 e. The van der Waals surface area contributed by atoms with Gasteiger partial charge in [0.05, 0.1) is 31.7 Å². The van der Waals surface area contributed by atoms with Gasteiger partial charge in [0.25, 0.3) is 0 Å². The molecule has 0 N–H and O–H groups in total. The normalized spacial score (nSPS) is 21.8. The Bertz CT molecular complexity index is 444. The van der Waals surface area contributed by atoms with Crippen LogP contribution in [0.4, 0.5) is 0 Å². The number of benzene rings is 1. The molecule has 0 spiro atoms. The molecule has 1 aliphatic heterocycles. The lowest BCUT2D eigenvalue weighted by Gasteiger charge is -2.45. The van der Waals surface area contributed by atoms with E-state index in [1.165, 1.54) is 0 Å². The van der Waals surface area contributed by atoms with Crippen molar-refractivity contribution < 1.29 is 14.3 Å². The number of carbonyl (C=O) groups excluding carboxylic acids is 1. The Balaban J connectivity index is 2.10. The SMILES string of the molecule is COCCC(=O)N1C[C@H](c2ccccc2)OCC1(C)C. The number of morpholine rings is 1. The molecule has 20 heavy (non-hydrogen) atoms. The Labute approximate surface area is 120 Å². The zero-order valence-corrected chi connectivity index (χ0v) is 12.5. The first-order valence-electron chi connectivity index (χ1n) is 7.00. The lowest BCUT2D eigenvalue weighted by molar-refractivity contribution is -0.155. The number of nitrogens with zero attached hydrogens (tertiary/aromatic N) is 1. The van der Waals surface area contributed by atoms with Crippen molar-refractivity contribution in [1.82, 2.24) is 4.90 Å². The number of rotatable bonds is 4. The minimum atomic E-state index is -0.268. The number of hydrogen-bond acceptors (Lipinski definition) is 3. The summed E-state index contributed by atoms with van der Waals surface area (Å²) in [6.45, 7) is 5.69. The van der Waals surface area contributed by atoms with Gasteiger partial charge in [0, 0.05) is 7.11 Å². The van der Waals surface area contributed by atoms with Gasteiger partial charge >= 0.3 is 0 Å². The van der Waals surface area contributed by atoms with Gasteiger partial charge in [-0.15, -0.1) is 0 Å². The topological polar surface area (TPSA) is 38.8 Å². The van der Waals surface area contributed by atoms with E-state index in [1.54, 1.807) is 7.11 Å². The zero-order valence-electron chi connectivity index (χ0n) is 12.5. The molecule has 0 bridgehead atoms. The fraction of sp³-hybridized carbons (Fsp3) is 0.562. The predicted molar refractivity (Wildman–Crippen MR) is 77.4 cm³/mol. The van der Waals surface area contributed by atoms with E-state index in [0.29, 0.717) is 26.2 Å². The summed E-state index contributed by atoms with van der Waals surface area (Å²) >= 11 is 0. The fourth-order valence-corrected chi connectivity index (χ4v) is 2.48. The number of methoxy groups -OCH3 is 1. The van der Waals surface area contributed by atoms with E-state index in [1.807, 2.05) is 49.1 Å². The van der Waals surface area contributed by atoms with Gasteiger partial charge in [-0.05, 0) is 19.4 Å². The first-order chi connectivity index (χ1) is 9.54. The van der Waals surface area contributed by atoms with Gasteiger partial charge in [0.1, 0.15) is 6.10 Å². The summed E-state index contributed by atoms with van der Waals surface area (Å²) in [5, 5.41) is 0. The Kier molecular flexibility index (Phi) is 4.78. The van der Waals surface area contributed by atoms with Crippen molar-refractivity contribution in [3.05, 3.63) is 35.9 Å². The van der Waals surface area contributed by atoms with E-state index in [9.17, 15) is 4.79 Å². The molecule has 4 nitrogen and oxygen atoms in total. The fourth-order valence-electron chi connectivity index (χ4n) is 2.48. The maximum absolute atomic E-state index is 12.3. The van der Waals surface area contributed by atoms with Gasteiger partial charge in [0.2, 0.25) is 5.91 Å². The van der Waals surface area contributed by atoms with Crippen LogP contribution in [0.2, 0.25) is 0 Å². The number of hydrogen-bond donors (Lipinski definition) is 0. The second-order valence-electron chi connectivity index (χ2n) is 5.77.